The zero-order valence-electron chi connectivity index (χ0n) is 14.3. The average Bonchev–Trinajstić information content (AvgIpc) is 3.33. The highest BCUT2D eigenvalue weighted by atomic mass is 16.3. The molecule has 1 amide bonds. The second-order valence-corrected chi connectivity index (χ2v) is 7.10. The van der Waals surface area contributed by atoms with Crippen molar-refractivity contribution in [1.82, 2.24) is 19.4 Å². The maximum Gasteiger partial charge on any atom is 0.254 e. The fraction of sp³-hybridized carbons (Fsp3) is 0.526. The van der Waals surface area contributed by atoms with E-state index < -0.39 is 0 Å². The van der Waals surface area contributed by atoms with E-state index in [2.05, 4.69) is 9.97 Å². The Bertz CT molecular complexity index is 731. The third-order valence-electron chi connectivity index (χ3n) is 5.60. The van der Waals surface area contributed by atoms with Crippen molar-refractivity contribution in [2.45, 2.75) is 50.7 Å². The summed E-state index contributed by atoms with van der Waals surface area (Å²) in [4.78, 5) is 23.5. The van der Waals surface area contributed by atoms with Gasteiger partial charge in [-0.3, -0.25) is 9.36 Å². The van der Waals surface area contributed by atoms with E-state index in [-0.39, 0.29) is 24.0 Å². The molecule has 0 spiro atoms. The van der Waals surface area contributed by atoms with Crippen LogP contribution in [0.15, 0.2) is 37.1 Å². The topological polar surface area (TPSA) is 71.2 Å². The van der Waals surface area contributed by atoms with Crippen molar-refractivity contribution in [3.05, 3.63) is 42.6 Å². The zero-order valence-corrected chi connectivity index (χ0v) is 14.3. The average molecular weight is 340 g/mol. The number of rotatable bonds is 3. The Kier molecular flexibility index (Phi) is 4.53. The number of imidazole rings is 1. The Labute approximate surface area is 147 Å². The van der Waals surface area contributed by atoms with Gasteiger partial charge in [-0.25, -0.2) is 9.97 Å². The number of hydrogen-bond acceptors (Lipinski definition) is 4. The minimum Gasteiger partial charge on any atom is -0.393 e. The number of nitrogens with zero attached hydrogens (tertiary/aromatic N) is 4. The third kappa shape index (κ3) is 3.18. The Morgan fingerprint density at radius 3 is 2.84 bits per heavy atom. The van der Waals surface area contributed by atoms with Crippen LogP contribution < -0.4 is 0 Å². The summed E-state index contributed by atoms with van der Waals surface area (Å²) in [7, 11) is 0. The van der Waals surface area contributed by atoms with E-state index in [4.69, 9.17) is 0 Å². The molecule has 2 aliphatic rings. The molecule has 2 aromatic heterocycles. The molecular weight excluding hydrogens is 316 g/mol. The van der Waals surface area contributed by atoms with Gasteiger partial charge in [-0.1, -0.05) is 12.8 Å². The lowest BCUT2D eigenvalue weighted by Crippen LogP contribution is -2.45. The van der Waals surface area contributed by atoms with Gasteiger partial charge >= 0.3 is 0 Å². The summed E-state index contributed by atoms with van der Waals surface area (Å²) in [6.07, 6.45) is 12.7. The highest BCUT2D eigenvalue weighted by Crippen LogP contribution is 2.35. The molecule has 6 nitrogen and oxygen atoms in total. The summed E-state index contributed by atoms with van der Waals surface area (Å²) < 4.78 is 1.79. The third-order valence-corrected chi connectivity index (χ3v) is 5.60. The van der Waals surface area contributed by atoms with E-state index >= 15 is 0 Å². The van der Waals surface area contributed by atoms with Crippen LogP contribution in [0.5, 0.6) is 0 Å². The van der Waals surface area contributed by atoms with Crippen LogP contribution in [0.25, 0.3) is 5.82 Å². The van der Waals surface area contributed by atoms with Crippen LogP contribution in [0.3, 0.4) is 0 Å². The molecule has 4 rings (SSSR count). The zero-order chi connectivity index (χ0) is 17.2. The molecule has 25 heavy (non-hydrogen) atoms. The summed E-state index contributed by atoms with van der Waals surface area (Å²) in [6, 6.07) is 3.75. The monoisotopic (exact) mass is 340 g/mol. The molecule has 2 aromatic rings. The molecule has 132 valence electrons. The molecule has 1 saturated heterocycles. The lowest BCUT2D eigenvalue weighted by atomic mass is 9.80. The molecule has 1 N–H and O–H groups in total. The second kappa shape index (κ2) is 6.96. The standard InChI is InChI=1S/C19H24N4O2/c24-17-6-2-1-4-15(17)16-5-3-10-23(16)19(25)14-7-8-21-18(12-14)22-11-9-20-13-22/h7-9,11-13,15-17,24H,1-6,10H2. The number of hydrogen-bond donors (Lipinski definition) is 1. The van der Waals surface area contributed by atoms with E-state index in [1.165, 1.54) is 0 Å². The molecule has 3 atom stereocenters. The van der Waals surface area contributed by atoms with Crippen molar-refractivity contribution in [2.75, 3.05) is 6.54 Å². The van der Waals surface area contributed by atoms with Gasteiger partial charge in [0.25, 0.3) is 5.91 Å². The van der Waals surface area contributed by atoms with Crippen LogP contribution in [0.2, 0.25) is 0 Å². The van der Waals surface area contributed by atoms with Crippen molar-refractivity contribution in [1.29, 1.82) is 0 Å². The SMILES string of the molecule is O=C(c1ccnc(-n2ccnc2)c1)N1CCCC1C1CCCCC1O. The molecule has 1 aliphatic heterocycles. The normalized spacial score (nSPS) is 26.8. The highest BCUT2D eigenvalue weighted by Gasteiger charge is 2.39. The molecule has 0 bridgehead atoms. The summed E-state index contributed by atoms with van der Waals surface area (Å²) in [6.45, 7) is 0.773. The lowest BCUT2D eigenvalue weighted by Gasteiger charge is -2.37. The quantitative estimate of drug-likeness (QED) is 0.931. The number of aromatic nitrogens is 3. The number of pyridine rings is 1. The largest absolute Gasteiger partial charge is 0.393 e. The Morgan fingerprint density at radius 2 is 2.04 bits per heavy atom. The number of aliphatic hydroxyl groups excluding tert-OH is 1. The Balaban J connectivity index is 1.56. The molecule has 0 radical (unpaired) electrons. The van der Waals surface area contributed by atoms with Gasteiger partial charge in [0.05, 0.1) is 6.10 Å². The van der Waals surface area contributed by atoms with Gasteiger partial charge in [0.2, 0.25) is 0 Å². The van der Waals surface area contributed by atoms with Crippen LogP contribution in [0, 0.1) is 5.92 Å². The van der Waals surface area contributed by atoms with Crippen molar-refractivity contribution in [3.63, 3.8) is 0 Å². The number of aliphatic hydroxyl groups is 1. The van der Waals surface area contributed by atoms with E-state index in [0.717, 1.165) is 45.1 Å². The molecule has 2 fully saturated rings. The molecule has 6 heteroatoms. The van der Waals surface area contributed by atoms with Crippen LogP contribution >= 0.6 is 0 Å². The molecule has 1 saturated carbocycles. The van der Waals surface area contributed by atoms with Crippen LogP contribution in [0.1, 0.15) is 48.9 Å². The van der Waals surface area contributed by atoms with Crippen molar-refractivity contribution in [3.8, 4) is 5.82 Å². The van der Waals surface area contributed by atoms with E-state index in [1.54, 1.807) is 29.4 Å². The molecule has 3 unspecified atom stereocenters. The summed E-state index contributed by atoms with van der Waals surface area (Å²) >= 11 is 0. The van der Waals surface area contributed by atoms with Crippen molar-refractivity contribution in [2.24, 2.45) is 5.92 Å². The van der Waals surface area contributed by atoms with Gasteiger partial charge in [0, 0.05) is 42.7 Å². The lowest BCUT2D eigenvalue weighted by molar-refractivity contribution is 0.0211. The fourth-order valence-electron chi connectivity index (χ4n) is 4.33. The first-order valence-corrected chi connectivity index (χ1v) is 9.17. The first kappa shape index (κ1) is 16.3. The van der Waals surface area contributed by atoms with Gasteiger partial charge in [0.1, 0.15) is 12.1 Å². The number of carbonyl (C=O) groups excluding carboxylic acids is 1. The molecule has 3 heterocycles. The Morgan fingerprint density at radius 1 is 1.16 bits per heavy atom. The van der Waals surface area contributed by atoms with Gasteiger partial charge in [0.15, 0.2) is 0 Å². The molecule has 1 aliphatic carbocycles. The van der Waals surface area contributed by atoms with Crippen LogP contribution in [-0.2, 0) is 0 Å². The van der Waals surface area contributed by atoms with Crippen LogP contribution in [0.4, 0.5) is 0 Å². The van der Waals surface area contributed by atoms with Gasteiger partial charge in [-0.15, -0.1) is 0 Å². The number of amides is 1. The van der Waals surface area contributed by atoms with Gasteiger partial charge < -0.3 is 10.0 Å². The maximum atomic E-state index is 13.1. The Hall–Kier alpha value is -2.21. The first-order valence-electron chi connectivity index (χ1n) is 9.17. The van der Waals surface area contributed by atoms with E-state index in [9.17, 15) is 9.90 Å². The summed E-state index contributed by atoms with van der Waals surface area (Å²) in [5, 5.41) is 10.4. The summed E-state index contributed by atoms with van der Waals surface area (Å²) in [5.74, 6) is 0.955. The molecule has 0 aromatic carbocycles. The fourth-order valence-corrected chi connectivity index (χ4v) is 4.33. The number of likely N-dealkylation sites (tertiary alicyclic amines) is 1. The summed E-state index contributed by atoms with van der Waals surface area (Å²) in [5.41, 5.74) is 0.649. The minimum absolute atomic E-state index is 0.0454. The van der Waals surface area contributed by atoms with Crippen LogP contribution in [-0.4, -0.2) is 49.1 Å². The minimum atomic E-state index is -0.272. The smallest absolute Gasteiger partial charge is 0.254 e. The second-order valence-electron chi connectivity index (χ2n) is 7.10. The van der Waals surface area contributed by atoms with Crippen molar-refractivity contribution < 1.29 is 9.90 Å². The predicted octanol–water partition coefficient (Wildman–Crippen LogP) is 2.42. The number of carbonyl (C=O) groups is 1. The van der Waals surface area contributed by atoms with Gasteiger partial charge in [-0.2, -0.15) is 0 Å². The van der Waals surface area contributed by atoms with E-state index in [0.29, 0.717) is 11.4 Å². The molecular formula is C19H24N4O2. The first-order chi connectivity index (χ1) is 12.2. The van der Waals surface area contributed by atoms with Crippen molar-refractivity contribution >= 4 is 5.91 Å². The maximum absolute atomic E-state index is 13.1. The van der Waals surface area contributed by atoms with Gasteiger partial charge in [-0.05, 0) is 37.8 Å². The highest BCUT2D eigenvalue weighted by molar-refractivity contribution is 5.95. The predicted molar refractivity (Wildman–Crippen MR) is 93.4 cm³/mol. The van der Waals surface area contributed by atoms with E-state index in [1.807, 2.05) is 17.2 Å².